The lowest BCUT2D eigenvalue weighted by Crippen LogP contribution is -2.28. The molecular formula is C20H24N2O2. The Morgan fingerprint density at radius 3 is 2.50 bits per heavy atom. The lowest BCUT2D eigenvalue weighted by Gasteiger charge is -2.19. The van der Waals surface area contributed by atoms with Crippen LogP contribution in [0.4, 0.5) is 11.4 Å². The van der Waals surface area contributed by atoms with Crippen LogP contribution in [0.5, 0.6) is 5.75 Å². The van der Waals surface area contributed by atoms with Crippen molar-refractivity contribution in [3.8, 4) is 5.75 Å². The molecule has 4 nitrogen and oxygen atoms in total. The second-order valence-corrected chi connectivity index (χ2v) is 5.72. The standard InChI is InChI=1S/C20H24N2O2/c1-4-22(17-8-6-5-7-9-17)20(23)13-11-16-10-12-19(18(21)14-16)24-15(2)3/h5-15H,4,21H2,1-3H3/b13-11-. The second kappa shape index (κ2) is 8.20. The molecule has 4 heteroatoms. The van der Waals surface area contributed by atoms with Crippen LogP contribution in [0.15, 0.2) is 54.6 Å². The molecule has 0 saturated heterocycles. The minimum atomic E-state index is -0.0650. The molecule has 126 valence electrons. The highest BCUT2D eigenvalue weighted by Crippen LogP contribution is 2.24. The molecule has 0 spiro atoms. The van der Waals surface area contributed by atoms with Crippen LogP contribution in [0.2, 0.25) is 0 Å². The fourth-order valence-corrected chi connectivity index (χ4v) is 2.36. The molecule has 0 aliphatic heterocycles. The summed E-state index contributed by atoms with van der Waals surface area (Å²) in [6.45, 7) is 6.47. The molecule has 0 aliphatic carbocycles. The zero-order valence-corrected chi connectivity index (χ0v) is 14.4. The van der Waals surface area contributed by atoms with Crippen molar-refractivity contribution in [3.05, 3.63) is 60.2 Å². The summed E-state index contributed by atoms with van der Waals surface area (Å²) < 4.78 is 5.61. The van der Waals surface area contributed by atoms with Crippen molar-refractivity contribution in [2.75, 3.05) is 17.2 Å². The molecule has 0 saturated carbocycles. The van der Waals surface area contributed by atoms with Crippen molar-refractivity contribution in [2.24, 2.45) is 0 Å². The molecule has 2 aromatic carbocycles. The van der Waals surface area contributed by atoms with Gasteiger partial charge in [0.25, 0.3) is 5.91 Å². The molecule has 0 aliphatic rings. The molecule has 0 radical (unpaired) electrons. The van der Waals surface area contributed by atoms with Gasteiger partial charge in [0, 0.05) is 18.3 Å². The summed E-state index contributed by atoms with van der Waals surface area (Å²) >= 11 is 0. The Balaban J connectivity index is 2.12. The van der Waals surface area contributed by atoms with Gasteiger partial charge in [0.05, 0.1) is 11.8 Å². The Labute approximate surface area is 143 Å². The highest BCUT2D eigenvalue weighted by atomic mass is 16.5. The van der Waals surface area contributed by atoms with Gasteiger partial charge in [-0.25, -0.2) is 0 Å². The molecule has 2 N–H and O–H groups in total. The number of hydrogen-bond donors (Lipinski definition) is 1. The first kappa shape index (κ1) is 17.6. The SMILES string of the molecule is CCN(C(=O)/C=C\c1ccc(OC(C)C)c(N)c1)c1ccccc1. The van der Waals surface area contributed by atoms with Gasteiger partial charge in [-0.15, -0.1) is 0 Å². The highest BCUT2D eigenvalue weighted by Gasteiger charge is 2.10. The van der Waals surface area contributed by atoms with Crippen LogP contribution in [0.25, 0.3) is 6.08 Å². The van der Waals surface area contributed by atoms with E-state index in [1.54, 1.807) is 23.1 Å². The van der Waals surface area contributed by atoms with Crippen molar-refractivity contribution in [2.45, 2.75) is 26.9 Å². The summed E-state index contributed by atoms with van der Waals surface area (Å²) in [4.78, 5) is 14.1. The topological polar surface area (TPSA) is 55.6 Å². The molecule has 2 aromatic rings. The van der Waals surface area contributed by atoms with Gasteiger partial charge in [0.15, 0.2) is 0 Å². The monoisotopic (exact) mass is 324 g/mol. The lowest BCUT2D eigenvalue weighted by atomic mass is 10.1. The number of hydrogen-bond acceptors (Lipinski definition) is 3. The van der Waals surface area contributed by atoms with E-state index in [1.165, 1.54) is 0 Å². The smallest absolute Gasteiger partial charge is 0.250 e. The second-order valence-electron chi connectivity index (χ2n) is 5.72. The number of nitrogens with two attached hydrogens (primary N) is 1. The van der Waals surface area contributed by atoms with E-state index < -0.39 is 0 Å². The number of anilines is 2. The number of para-hydroxylation sites is 1. The van der Waals surface area contributed by atoms with Crippen LogP contribution >= 0.6 is 0 Å². The van der Waals surface area contributed by atoms with Gasteiger partial charge < -0.3 is 15.4 Å². The maximum Gasteiger partial charge on any atom is 0.250 e. The van der Waals surface area contributed by atoms with Gasteiger partial charge in [-0.2, -0.15) is 0 Å². The molecule has 24 heavy (non-hydrogen) atoms. The summed E-state index contributed by atoms with van der Waals surface area (Å²) in [7, 11) is 0. The van der Waals surface area contributed by atoms with Crippen LogP contribution in [0, 0.1) is 0 Å². The van der Waals surface area contributed by atoms with E-state index in [1.807, 2.05) is 63.2 Å². The molecule has 0 unspecified atom stereocenters. The van der Waals surface area contributed by atoms with Gasteiger partial charge in [0.1, 0.15) is 5.75 Å². The summed E-state index contributed by atoms with van der Waals surface area (Å²) in [5.41, 5.74) is 8.31. The van der Waals surface area contributed by atoms with Crippen LogP contribution < -0.4 is 15.4 Å². The van der Waals surface area contributed by atoms with E-state index in [4.69, 9.17) is 10.5 Å². The van der Waals surface area contributed by atoms with Crippen molar-refractivity contribution in [1.29, 1.82) is 0 Å². The third-order valence-corrected chi connectivity index (χ3v) is 3.46. The predicted octanol–water partition coefficient (Wildman–Crippen LogP) is 4.12. The molecule has 0 atom stereocenters. The Bertz CT molecular complexity index is 709. The summed E-state index contributed by atoms with van der Waals surface area (Å²) in [6, 6.07) is 15.1. The Hall–Kier alpha value is -2.75. The molecule has 0 heterocycles. The van der Waals surface area contributed by atoms with Crippen LogP contribution in [-0.2, 0) is 4.79 Å². The molecular weight excluding hydrogens is 300 g/mol. The molecule has 0 aromatic heterocycles. The van der Waals surface area contributed by atoms with Gasteiger partial charge in [-0.05, 0) is 56.7 Å². The minimum absolute atomic E-state index is 0.0650. The number of ether oxygens (including phenoxy) is 1. The number of benzene rings is 2. The summed E-state index contributed by atoms with van der Waals surface area (Å²) in [6.07, 6.45) is 3.40. The van der Waals surface area contributed by atoms with E-state index >= 15 is 0 Å². The zero-order chi connectivity index (χ0) is 17.5. The van der Waals surface area contributed by atoms with Gasteiger partial charge in [-0.3, -0.25) is 4.79 Å². The van der Waals surface area contributed by atoms with Gasteiger partial charge in [0.2, 0.25) is 0 Å². The maximum atomic E-state index is 12.4. The third kappa shape index (κ3) is 4.62. The quantitative estimate of drug-likeness (QED) is 0.642. The minimum Gasteiger partial charge on any atom is -0.489 e. The fraction of sp³-hybridized carbons (Fsp3) is 0.250. The molecule has 2 rings (SSSR count). The van der Waals surface area contributed by atoms with Crippen molar-refractivity contribution in [3.63, 3.8) is 0 Å². The average molecular weight is 324 g/mol. The summed E-state index contributed by atoms with van der Waals surface area (Å²) in [5.74, 6) is 0.595. The van der Waals surface area contributed by atoms with E-state index in [9.17, 15) is 4.79 Å². The maximum absolute atomic E-state index is 12.4. The third-order valence-electron chi connectivity index (χ3n) is 3.46. The molecule has 0 fully saturated rings. The highest BCUT2D eigenvalue weighted by molar-refractivity contribution is 6.03. The van der Waals surface area contributed by atoms with Crippen LogP contribution in [0.1, 0.15) is 26.3 Å². The first-order valence-electron chi connectivity index (χ1n) is 8.12. The predicted molar refractivity (Wildman–Crippen MR) is 100 cm³/mol. The first-order valence-corrected chi connectivity index (χ1v) is 8.12. The van der Waals surface area contributed by atoms with Gasteiger partial charge in [-0.1, -0.05) is 24.3 Å². The normalized spacial score (nSPS) is 11.0. The van der Waals surface area contributed by atoms with Gasteiger partial charge >= 0.3 is 0 Å². The first-order chi connectivity index (χ1) is 11.5. The lowest BCUT2D eigenvalue weighted by molar-refractivity contribution is -0.114. The zero-order valence-electron chi connectivity index (χ0n) is 14.4. The number of likely N-dealkylation sites (N-methyl/N-ethyl adjacent to an activating group) is 1. The number of nitrogens with zero attached hydrogens (tertiary/aromatic N) is 1. The largest absolute Gasteiger partial charge is 0.489 e. The molecule has 0 bridgehead atoms. The van der Waals surface area contributed by atoms with Crippen molar-refractivity contribution < 1.29 is 9.53 Å². The average Bonchev–Trinajstić information content (AvgIpc) is 2.56. The van der Waals surface area contributed by atoms with E-state index in [-0.39, 0.29) is 12.0 Å². The number of carbonyl (C=O) groups excluding carboxylic acids is 1. The fourth-order valence-electron chi connectivity index (χ4n) is 2.36. The number of amides is 1. The number of rotatable bonds is 6. The molecule has 1 amide bonds. The van der Waals surface area contributed by atoms with E-state index in [0.29, 0.717) is 18.0 Å². The number of nitrogen functional groups attached to an aromatic ring is 1. The summed E-state index contributed by atoms with van der Waals surface area (Å²) in [5, 5.41) is 0. The number of carbonyl (C=O) groups is 1. The van der Waals surface area contributed by atoms with Crippen LogP contribution in [0.3, 0.4) is 0 Å². The van der Waals surface area contributed by atoms with Crippen LogP contribution in [-0.4, -0.2) is 18.6 Å². The van der Waals surface area contributed by atoms with Crippen molar-refractivity contribution >= 4 is 23.4 Å². The Morgan fingerprint density at radius 2 is 1.92 bits per heavy atom. The Kier molecular flexibility index (Phi) is 6.01. The van der Waals surface area contributed by atoms with Crippen molar-refractivity contribution in [1.82, 2.24) is 0 Å². The Morgan fingerprint density at radius 1 is 1.21 bits per heavy atom. The van der Waals surface area contributed by atoms with E-state index in [0.717, 1.165) is 11.3 Å². The van der Waals surface area contributed by atoms with E-state index in [2.05, 4.69) is 0 Å².